The zero-order valence-corrected chi connectivity index (χ0v) is 16.6. The molecule has 0 bridgehead atoms. The van der Waals surface area contributed by atoms with E-state index in [2.05, 4.69) is 5.32 Å². The second-order valence-corrected chi connectivity index (χ2v) is 8.88. The minimum atomic E-state index is -3.21. The van der Waals surface area contributed by atoms with Gasteiger partial charge in [-0.2, -0.15) is 0 Å². The maximum atomic E-state index is 12.1. The molecular weight excluding hydrogens is 402 g/mol. The van der Waals surface area contributed by atoms with Crippen molar-refractivity contribution in [2.24, 2.45) is 0 Å². The molecule has 1 amide bonds. The normalized spacial score (nSPS) is 13.0. The lowest BCUT2D eigenvalue weighted by Crippen LogP contribution is -2.24. The van der Waals surface area contributed by atoms with E-state index in [0.29, 0.717) is 28.5 Å². The molecule has 2 aromatic carbocycles. The van der Waals surface area contributed by atoms with E-state index in [1.165, 1.54) is 6.08 Å². The maximum Gasteiger partial charge on any atom is 0.243 e. The molecule has 0 unspecified atom stereocenters. The molecule has 0 radical (unpaired) electrons. The lowest BCUT2D eigenvalue weighted by atomic mass is 10.2. The fourth-order valence-corrected chi connectivity index (χ4v) is 4.42. The van der Waals surface area contributed by atoms with Crippen LogP contribution in [0.25, 0.3) is 6.08 Å². The van der Waals surface area contributed by atoms with E-state index in [9.17, 15) is 13.2 Å². The number of fused-ring (bicyclic) bond motifs is 1. The van der Waals surface area contributed by atoms with Crippen molar-refractivity contribution in [3.8, 4) is 11.5 Å². The average molecular weight is 422 g/mol. The van der Waals surface area contributed by atoms with Crippen molar-refractivity contribution in [3.63, 3.8) is 0 Å². The molecule has 3 rings (SSSR count). The topological polar surface area (TPSA) is 81.7 Å². The molecule has 0 aromatic heterocycles. The summed E-state index contributed by atoms with van der Waals surface area (Å²) < 4.78 is 34.8. The highest BCUT2D eigenvalue weighted by Gasteiger charge is 2.17. The van der Waals surface area contributed by atoms with Crippen LogP contribution in [0, 0.1) is 0 Å². The van der Waals surface area contributed by atoms with Crippen LogP contribution in [0.15, 0.2) is 48.5 Å². The summed E-state index contributed by atoms with van der Waals surface area (Å²) in [4.78, 5) is 11.9. The average Bonchev–Trinajstić information content (AvgIpc) is 3.13. The Bertz CT molecular complexity index is 974. The number of hydrogen-bond donors (Lipinski definition) is 1. The Morgan fingerprint density at radius 2 is 1.96 bits per heavy atom. The summed E-state index contributed by atoms with van der Waals surface area (Å²) in [6, 6.07) is 12.4. The van der Waals surface area contributed by atoms with Gasteiger partial charge in [-0.25, -0.2) is 8.42 Å². The molecular formula is C20H20ClNO5S. The van der Waals surface area contributed by atoms with Crippen LogP contribution in [0.5, 0.6) is 11.5 Å². The van der Waals surface area contributed by atoms with E-state index >= 15 is 0 Å². The standard InChI is InChI=1S/C20H20ClNO5S/c21-17-11-16(12-18-20(17)27-14-26-18)7-8-19(23)22-9-4-10-28(24,25)13-15-5-2-1-3-6-15/h1-3,5-8,11-12H,4,9-10,13-14H2,(H,22,23). The number of ether oxygens (including phenoxy) is 2. The third-order valence-electron chi connectivity index (χ3n) is 4.04. The quantitative estimate of drug-likeness (QED) is 0.523. The van der Waals surface area contributed by atoms with Crippen molar-refractivity contribution in [1.29, 1.82) is 0 Å². The number of benzene rings is 2. The van der Waals surface area contributed by atoms with Gasteiger partial charge in [-0.05, 0) is 35.8 Å². The van der Waals surface area contributed by atoms with E-state index in [-0.39, 0.29) is 30.8 Å². The van der Waals surface area contributed by atoms with Gasteiger partial charge < -0.3 is 14.8 Å². The Labute approximate surface area is 169 Å². The third-order valence-corrected chi connectivity index (χ3v) is 6.00. The van der Waals surface area contributed by atoms with E-state index in [0.717, 1.165) is 5.56 Å². The predicted octanol–water partition coefficient (Wildman–Crippen LogP) is 3.20. The van der Waals surface area contributed by atoms with Crippen LogP contribution in [-0.4, -0.2) is 33.4 Å². The second kappa shape index (κ2) is 9.12. The second-order valence-electron chi connectivity index (χ2n) is 6.29. The number of carbonyl (C=O) groups is 1. The van der Waals surface area contributed by atoms with E-state index in [1.54, 1.807) is 30.3 Å². The Morgan fingerprint density at radius 3 is 2.75 bits per heavy atom. The number of hydrogen-bond acceptors (Lipinski definition) is 5. The maximum absolute atomic E-state index is 12.1. The van der Waals surface area contributed by atoms with Crippen LogP contribution in [0.4, 0.5) is 0 Å². The molecule has 1 heterocycles. The van der Waals surface area contributed by atoms with Gasteiger partial charge in [0.2, 0.25) is 12.7 Å². The molecule has 0 saturated heterocycles. The van der Waals surface area contributed by atoms with Gasteiger partial charge >= 0.3 is 0 Å². The van der Waals surface area contributed by atoms with Crippen LogP contribution in [-0.2, 0) is 20.4 Å². The van der Waals surface area contributed by atoms with Crippen molar-refractivity contribution in [2.45, 2.75) is 12.2 Å². The molecule has 0 saturated carbocycles. The van der Waals surface area contributed by atoms with Gasteiger partial charge in [0.15, 0.2) is 21.3 Å². The summed E-state index contributed by atoms with van der Waals surface area (Å²) in [7, 11) is -3.21. The minimum absolute atomic E-state index is 0.00651. The lowest BCUT2D eigenvalue weighted by molar-refractivity contribution is -0.116. The van der Waals surface area contributed by atoms with Gasteiger partial charge in [0.1, 0.15) is 0 Å². The molecule has 1 aliphatic rings. The highest BCUT2D eigenvalue weighted by atomic mass is 35.5. The minimum Gasteiger partial charge on any atom is -0.454 e. The SMILES string of the molecule is O=C(C=Cc1cc(Cl)c2c(c1)OCO2)NCCCS(=O)(=O)Cc1ccccc1. The number of halogens is 1. The number of amides is 1. The Balaban J connectivity index is 1.43. The van der Waals surface area contributed by atoms with Crippen molar-refractivity contribution in [3.05, 3.63) is 64.7 Å². The molecule has 28 heavy (non-hydrogen) atoms. The van der Waals surface area contributed by atoms with Crippen molar-refractivity contribution in [2.75, 3.05) is 19.1 Å². The van der Waals surface area contributed by atoms with Crippen molar-refractivity contribution >= 4 is 33.4 Å². The summed E-state index contributed by atoms with van der Waals surface area (Å²) in [6.07, 6.45) is 3.33. The van der Waals surface area contributed by atoms with Gasteiger partial charge in [-0.1, -0.05) is 41.9 Å². The molecule has 1 N–H and O–H groups in total. The first-order valence-electron chi connectivity index (χ1n) is 8.72. The zero-order chi connectivity index (χ0) is 20.0. The van der Waals surface area contributed by atoms with Gasteiger partial charge in [-0.15, -0.1) is 0 Å². The smallest absolute Gasteiger partial charge is 0.243 e. The largest absolute Gasteiger partial charge is 0.454 e. The molecule has 2 aromatic rings. The van der Waals surface area contributed by atoms with E-state index in [1.807, 2.05) is 18.2 Å². The summed E-state index contributed by atoms with van der Waals surface area (Å²) in [6.45, 7) is 0.398. The van der Waals surface area contributed by atoms with Gasteiger partial charge in [0.05, 0.1) is 16.5 Å². The zero-order valence-electron chi connectivity index (χ0n) is 15.1. The fourth-order valence-electron chi connectivity index (χ4n) is 2.72. The van der Waals surface area contributed by atoms with Gasteiger partial charge in [0.25, 0.3) is 0 Å². The summed E-state index contributed by atoms with van der Waals surface area (Å²) in [5, 5.41) is 3.09. The van der Waals surface area contributed by atoms with Crippen LogP contribution >= 0.6 is 11.6 Å². The third kappa shape index (κ3) is 5.74. The molecule has 1 aliphatic heterocycles. The van der Waals surface area contributed by atoms with Crippen LogP contribution in [0.2, 0.25) is 5.02 Å². The molecule has 0 aliphatic carbocycles. The lowest BCUT2D eigenvalue weighted by Gasteiger charge is -2.05. The Kier molecular flexibility index (Phi) is 6.59. The first kappa shape index (κ1) is 20.2. The summed E-state index contributed by atoms with van der Waals surface area (Å²) >= 11 is 6.10. The Hall–Kier alpha value is -2.51. The van der Waals surface area contributed by atoms with E-state index in [4.69, 9.17) is 21.1 Å². The summed E-state index contributed by atoms with van der Waals surface area (Å²) in [5.41, 5.74) is 1.46. The van der Waals surface area contributed by atoms with Crippen molar-refractivity contribution < 1.29 is 22.7 Å². The van der Waals surface area contributed by atoms with Crippen molar-refractivity contribution in [1.82, 2.24) is 5.32 Å². The van der Waals surface area contributed by atoms with Crippen LogP contribution in [0.1, 0.15) is 17.5 Å². The first-order valence-corrected chi connectivity index (χ1v) is 10.9. The van der Waals surface area contributed by atoms with Crippen LogP contribution < -0.4 is 14.8 Å². The molecule has 6 nitrogen and oxygen atoms in total. The van der Waals surface area contributed by atoms with Gasteiger partial charge in [-0.3, -0.25) is 4.79 Å². The fraction of sp³-hybridized carbons (Fsp3) is 0.250. The predicted molar refractivity (Wildman–Crippen MR) is 108 cm³/mol. The Morgan fingerprint density at radius 1 is 1.18 bits per heavy atom. The molecule has 0 spiro atoms. The van der Waals surface area contributed by atoms with Gasteiger partial charge in [0, 0.05) is 12.6 Å². The molecule has 0 fully saturated rings. The monoisotopic (exact) mass is 421 g/mol. The number of nitrogens with one attached hydrogen (secondary N) is 1. The summed E-state index contributed by atoms with van der Waals surface area (Å²) in [5.74, 6) is 0.751. The molecule has 0 atom stereocenters. The molecule has 8 heteroatoms. The number of carbonyl (C=O) groups excluding carboxylic acids is 1. The highest BCUT2D eigenvalue weighted by Crippen LogP contribution is 2.40. The number of sulfone groups is 1. The highest BCUT2D eigenvalue weighted by molar-refractivity contribution is 7.90. The molecule has 148 valence electrons. The first-order chi connectivity index (χ1) is 13.4. The number of rotatable bonds is 8. The van der Waals surface area contributed by atoms with Crippen LogP contribution in [0.3, 0.4) is 0 Å². The van der Waals surface area contributed by atoms with E-state index < -0.39 is 9.84 Å².